The Morgan fingerprint density at radius 1 is 1.17 bits per heavy atom. The number of imidazole rings is 2. The summed E-state index contributed by atoms with van der Waals surface area (Å²) in [7, 11) is 0. The molecular formula is C12H18ClI3N8O4Y-2. The molecule has 0 aliphatic rings. The van der Waals surface area contributed by atoms with E-state index in [1.165, 1.54) is 26.5 Å². The number of carbonyl (C=O) groups is 3. The van der Waals surface area contributed by atoms with Crippen molar-refractivity contribution in [1.82, 2.24) is 19.5 Å². The molecule has 1 radical (unpaired) electrons. The number of rotatable bonds is 2. The Labute approximate surface area is 227 Å². The number of amides is 2. The van der Waals surface area contributed by atoms with E-state index in [1.807, 2.05) is 0 Å². The van der Waals surface area contributed by atoms with Crippen molar-refractivity contribution < 1.29 is 65.1 Å². The molecular weight excluding hydrogens is 825 g/mol. The van der Waals surface area contributed by atoms with Crippen molar-refractivity contribution in [2.24, 2.45) is 11.5 Å². The Morgan fingerprint density at radius 2 is 1.62 bits per heavy atom. The van der Waals surface area contributed by atoms with E-state index in [9.17, 15) is 14.4 Å². The van der Waals surface area contributed by atoms with Gasteiger partial charge in [-0.3, -0.25) is 25.2 Å². The van der Waals surface area contributed by atoms with E-state index in [0.29, 0.717) is 13.3 Å². The molecule has 2 amide bonds. The second-order valence-electron chi connectivity index (χ2n) is 4.02. The molecule has 0 unspecified atom stereocenters. The summed E-state index contributed by atoms with van der Waals surface area (Å²) >= 11 is 5.30. The fourth-order valence-corrected chi connectivity index (χ4v) is 1.30. The summed E-state index contributed by atoms with van der Waals surface area (Å²) in [4.78, 5) is 50.1. The number of hydrogen-bond acceptors (Lipinski definition) is 8. The van der Waals surface area contributed by atoms with Crippen LogP contribution in [0.15, 0.2) is 12.7 Å². The summed E-state index contributed by atoms with van der Waals surface area (Å²) in [6, 6.07) is 0. The van der Waals surface area contributed by atoms with Crippen molar-refractivity contribution in [2.75, 3.05) is 11.5 Å². The van der Waals surface area contributed by atoms with Crippen LogP contribution in [0.1, 0.15) is 39.6 Å². The van der Waals surface area contributed by atoms with E-state index in [-0.39, 0.29) is 74.0 Å². The van der Waals surface area contributed by atoms with Crippen molar-refractivity contribution in [3.05, 3.63) is 24.0 Å². The second kappa shape index (κ2) is 21.1. The molecule has 0 saturated heterocycles. The summed E-state index contributed by atoms with van der Waals surface area (Å²) < 4.78 is 1.06. The van der Waals surface area contributed by atoms with Gasteiger partial charge in [-0.15, -0.1) is 12.4 Å². The third kappa shape index (κ3) is 15.4. The summed E-state index contributed by atoms with van der Waals surface area (Å²) in [6.07, 6.45) is 3.98. The van der Waals surface area contributed by atoms with Gasteiger partial charge in [-0.2, -0.15) is 6.92 Å². The molecule has 0 fully saturated rings. The summed E-state index contributed by atoms with van der Waals surface area (Å²) in [6.45, 7) is 2.63. The topological polar surface area (TPSA) is 219 Å². The number of anilines is 2. The monoisotopic (exact) mass is 843 g/mol. The minimum atomic E-state index is -0.743. The maximum absolute atomic E-state index is 10.8. The molecule has 9 N–H and O–H groups in total. The van der Waals surface area contributed by atoms with Gasteiger partial charge in [0.2, 0.25) is 5.91 Å². The summed E-state index contributed by atoms with van der Waals surface area (Å²) in [5.74, 6) is -1.53. The average Bonchev–Trinajstić information content (AvgIpc) is 3.15. The van der Waals surface area contributed by atoms with Crippen LogP contribution in [0.3, 0.4) is 0 Å². The number of halogens is 4. The molecule has 17 heteroatoms. The first-order valence-electron chi connectivity index (χ1n) is 6.46. The number of hydrogen-bond donors (Lipinski definition) is 5. The number of carbonyl (C=O) groups excluding carboxylic acids is 4. The molecule has 2 heterocycles. The zero-order chi connectivity index (χ0) is 21.6. The Hall–Kier alpha value is -0.116. The predicted octanol–water partition coefficient (Wildman–Crippen LogP) is -2.37. The van der Waals surface area contributed by atoms with Gasteiger partial charge in [-0.1, -0.05) is 0 Å². The molecule has 0 aliphatic heterocycles. The van der Waals surface area contributed by atoms with Gasteiger partial charge in [-0.25, -0.2) is 9.97 Å². The third-order valence-electron chi connectivity index (χ3n) is 2.29. The van der Waals surface area contributed by atoms with Crippen LogP contribution in [0.2, 0.25) is 0 Å². The maximum Gasteiger partial charge on any atom is 0.269 e. The van der Waals surface area contributed by atoms with Gasteiger partial charge >= 0.3 is 50.5 Å². The van der Waals surface area contributed by atoms with Crippen molar-refractivity contribution >= 4 is 85.3 Å². The number of aromatic nitrogens is 4. The first kappa shape index (κ1) is 36.3. The fraction of sp³-hybridized carbons (Fsp3) is 0.167. The molecule has 29 heavy (non-hydrogen) atoms. The number of primary amides is 2. The van der Waals surface area contributed by atoms with E-state index in [1.54, 1.807) is 0 Å². The Kier molecular flexibility index (Phi) is 26.4. The molecule has 0 aromatic carbocycles. The maximum atomic E-state index is 10.8. The Morgan fingerprint density at radius 3 is 1.79 bits per heavy atom. The third-order valence-corrected chi connectivity index (χ3v) is 2.29. The van der Waals surface area contributed by atoms with E-state index < -0.39 is 11.8 Å². The van der Waals surface area contributed by atoms with Crippen molar-refractivity contribution in [1.29, 1.82) is 0 Å². The van der Waals surface area contributed by atoms with Gasteiger partial charge in [0.05, 0.1) is 6.33 Å². The summed E-state index contributed by atoms with van der Waals surface area (Å²) in [5, 5.41) is 0. The van der Waals surface area contributed by atoms with E-state index in [4.69, 9.17) is 27.7 Å². The molecule has 0 saturated carbocycles. The van der Waals surface area contributed by atoms with E-state index in [2.05, 4.69) is 52.2 Å². The van der Waals surface area contributed by atoms with Crippen molar-refractivity contribution in [3.63, 3.8) is 0 Å². The predicted molar refractivity (Wildman–Crippen MR) is 120 cm³/mol. The SMILES string of the molecule is CC(=O)n1cnc(C(N)=O)c1N.C[C-]=O.Cl.I[I-]I.NC(=O)c1[nH]cnc1N.[Y]. The minimum Gasteiger partial charge on any atom is -0.382 e. The number of aromatic amines is 1. The molecule has 0 atom stereocenters. The summed E-state index contributed by atoms with van der Waals surface area (Å²) in [5.41, 5.74) is 20.5. The molecule has 2 aromatic heterocycles. The number of nitrogens with one attached hydrogen (secondary N) is 1. The van der Waals surface area contributed by atoms with Crippen molar-refractivity contribution in [2.45, 2.75) is 13.8 Å². The normalized spacial score (nSPS) is 8.14. The van der Waals surface area contributed by atoms with Gasteiger partial charge in [0.25, 0.3) is 11.8 Å². The Bertz CT molecular complexity index is 743. The van der Waals surface area contributed by atoms with Crippen molar-refractivity contribution in [3.8, 4) is 0 Å². The van der Waals surface area contributed by atoms with Crippen LogP contribution in [0.25, 0.3) is 0 Å². The van der Waals surface area contributed by atoms with Crippen LogP contribution in [0.5, 0.6) is 0 Å². The number of nitrogens with zero attached hydrogens (tertiary/aromatic N) is 3. The average molecular weight is 843 g/mol. The molecule has 0 bridgehead atoms. The zero-order valence-corrected chi connectivity index (χ0v) is 25.2. The number of H-pyrrole nitrogens is 1. The first-order valence-corrected chi connectivity index (χ1v) is 19.0. The molecule has 2 aromatic rings. The van der Waals surface area contributed by atoms with Gasteiger partial charge in [0, 0.05) is 39.6 Å². The van der Waals surface area contributed by atoms with E-state index in [0.717, 1.165) is 10.9 Å². The number of nitrogens with two attached hydrogens (primary N) is 4. The van der Waals surface area contributed by atoms with Crippen LogP contribution < -0.4 is 36.2 Å². The van der Waals surface area contributed by atoms with Crippen LogP contribution in [0.4, 0.5) is 11.6 Å². The molecule has 2 rings (SSSR count). The van der Waals surface area contributed by atoms with E-state index >= 15 is 0 Å². The van der Waals surface area contributed by atoms with Crippen LogP contribution >= 0.6 is 49.6 Å². The van der Waals surface area contributed by atoms with Crippen LogP contribution in [-0.2, 0) is 37.5 Å². The van der Waals surface area contributed by atoms with Crippen LogP contribution in [0, 0.1) is 0 Å². The largest absolute Gasteiger partial charge is 0.382 e. The first-order chi connectivity index (χ1) is 12.6. The smallest absolute Gasteiger partial charge is 0.269 e. The fourth-order valence-electron chi connectivity index (χ4n) is 1.30. The molecule has 12 nitrogen and oxygen atoms in total. The molecule has 0 aliphatic carbocycles. The molecule has 0 spiro atoms. The van der Waals surface area contributed by atoms with Gasteiger partial charge in [0.15, 0.2) is 11.5 Å². The standard InChI is InChI=1S/C6H8N4O2.C4H6N4O.C2H3O.ClH.I3.Y/c1-3(11)10-2-9-4(5(10)7)6(8)12;5-3-2(4(6)9)7-1-8-3;1-2-3;;1-3-2;/h2H,7H2,1H3,(H2,8,12);1H,5H2,(H2,6,9)(H,7,8);1H3;1H;;/q;;-1;;-1;. The van der Waals surface area contributed by atoms with Crippen LogP contribution in [-0.4, -0.2) is 43.5 Å². The zero-order valence-electron chi connectivity index (χ0n) is 15.1. The number of nitrogen functional groups attached to an aromatic ring is 2. The quantitative estimate of drug-likeness (QED) is 0.162. The minimum absolute atomic E-state index is 0. The Balaban J connectivity index is -0.000000164. The second-order valence-corrected chi connectivity index (χ2v) is 20.3. The van der Waals surface area contributed by atoms with Gasteiger partial charge in [-0.05, 0) is 0 Å². The van der Waals surface area contributed by atoms with Gasteiger partial charge < -0.3 is 32.7 Å². The molecule has 163 valence electrons. The van der Waals surface area contributed by atoms with Gasteiger partial charge in [0.1, 0.15) is 17.8 Å².